The molecule has 12 nitrogen and oxygen atoms in total. The third-order valence-electron chi connectivity index (χ3n) is 26.0. The van der Waals surface area contributed by atoms with E-state index < -0.39 is 14.7 Å². The first-order chi connectivity index (χ1) is 60.0. The van der Waals surface area contributed by atoms with Gasteiger partial charge in [0.2, 0.25) is 0 Å². The van der Waals surface area contributed by atoms with Gasteiger partial charge in [-0.1, -0.05) is 496 Å². The van der Waals surface area contributed by atoms with E-state index >= 15 is 0 Å². The lowest BCUT2D eigenvalue weighted by molar-refractivity contribution is 0.139. The quantitative estimate of drug-likeness (QED) is 0.0338. The molecule has 0 amide bonds. The number of hydrogen-bond acceptors (Lipinski definition) is 11. The van der Waals surface area contributed by atoms with Crippen molar-refractivity contribution in [3.8, 4) is 0 Å². The first-order valence-electron chi connectivity index (χ1n) is 55.6. The minimum Gasteiger partial charge on any atom is -0.396 e. The summed E-state index contributed by atoms with van der Waals surface area (Å²) in [7, 11) is -3.38. The maximum atomic E-state index is 14.3. The van der Waals surface area contributed by atoms with Crippen molar-refractivity contribution in [1.29, 1.82) is 0 Å². The van der Waals surface area contributed by atoms with E-state index in [4.69, 9.17) is 35.1 Å². The highest BCUT2D eigenvalue weighted by atomic mass is 35.7. The van der Waals surface area contributed by atoms with Gasteiger partial charge < -0.3 is 25.7 Å². The number of aliphatic hydroxyl groups excluding tert-OH is 2. The molecule has 0 saturated carbocycles. The lowest BCUT2D eigenvalue weighted by Crippen LogP contribution is -2.32. The molecule has 0 saturated heterocycles. The second-order valence-electron chi connectivity index (χ2n) is 37.9. The number of nitrogens with two attached hydrogens (primary N) is 1. The van der Waals surface area contributed by atoms with Crippen LogP contribution in [0, 0.1) is 35.5 Å². The van der Waals surface area contributed by atoms with Crippen molar-refractivity contribution in [2.24, 2.45) is 41.2 Å². The van der Waals surface area contributed by atoms with E-state index in [0.717, 1.165) is 71.5 Å². The van der Waals surface area contributed by atoms with Crippen LogP contribution in [-0.4, -0.2) is 112 Å². The van der Waals surface area contributed by atoms with Crippen molar-refractivity contribution < 1.29 is 37.4 Å². The van der Waals surface area contributed by atoms with Crippen LogP contribution in [0.4, 0.5) is 0 Å². The van der Waals surface area contributed by atoms with Crippen molar-refractivity contribution in [1.82, 2.24) is 14.9 Å². The Labute approximate surface area is 779 Å². The first kappa shape index (κ1) is 132. The number of rotatable bonds is 96. The second-order valence-corrected chi connectivity index (χ2v) is 42.3. The smallest absolute Gasteiger partial charge is 0.396 e. The number of aliphatic hydroxyl groups is 2. The molecule has 2 atom stereocenters. The van der Waals surface area contributed by atoms with E-state index in [-0.39, 0.29) is 0 Å². The molecule has 2 unspecified atom stereocenters. The molecule has 0 aromatic heterocycles. The number of nitrogens with one attached hydrogen (secondary N) is 1. The Kier molecular flexibility index (Phi) is 119. The van der Waals surface area contributed by atoms with Crippen LogP contribution in [0.2, 0.25) is 0 Å². The molecule has 0 radical (unpaired) electrons. The van der Waals surface area contributed by atoms with Crippen LogP contribution in [0.15, 0.2) is 0 Å². The summed E-state index contributed by atoms with van der Waals surface area (Å²) in [6.07, 6.45) is 93.0. The number of likely N-dealkylation sites (N-methyl/N-ethyl adjacent to an activating group) is 2. The zero-order valence-electron chi connectivity index (χ0n) is 86.9. The number of unbranched alkanes of at least 4 members (excludes halogenated alkanes) is 48. The summed E-state index contributed by atoms with van der Waals surface area (Å²) in [6.45, 7) is 42.7. The van der Waals surface area contributed by atoms with Gasteiger partial charge in [0.1, 0.15) is 0 Å². The van der Waals surface area contributed by atoms with Gasteiger partial charge in [-0.25, -0.2) is 14.2 Å². The Morgan fingerprint density at radius 2 is 0.415 bits per heavy atom. The molecule has 123 heavy (non-hydrogen) atoms. The van der Waals surface area contributed by atoms with E-state index in [1.54, 1.807) is 0 Å². The van der Waals surface area contributed by atoms with Crippen LogP contribution in [0.25, 0.3) is 0 Å². The van der Waals surface area contributed by atoms with Crippen molar-refractivity contribution in [3.63, 3.8) is 0 Å². The third-order valence-corrected chi connectivity index (χ3v) is 29.1. The van der Waals surface area contributed by atoms with Crippen molar-refractivity contribution in [3.05, 3.63) is 0 Å². The SMILES string of the molecule is CCCCCCC(CO)CCCCCC.CCCCCCCCC(CCCCCCCC)COP(=O)(Cl)OCC(CCCCCC)CCCCCC.CCCCCCCCC(CCCCCCCC)COP(=O)(NCCN(CC)CC)OCC(CCCCCC)CCCCCC.CCCCCCCCC(CO)CCCCCCCC.CCN(CC)CCN. The highest BCUT2D eigenvalue weighted by molar-refractivity contribution is 7.81. The maximum absolute atomic E-state index is 14.3. The topological polar surface area (TPSA) is 156 Å². The molecule has 15 heteroatoms. The minimum atomic E-state index is -3.53. The predicted octanol–water partition coefficient (Wildman–Crippen LogP) is 36.7. The minimum absolute atomic E-state index is 0.401. The number of hydrogen-bond donors (Lipinski definition) is 4. The summed E-state index contributed by atoms with van der Waals surface area (Å²) in [4.78, 5) is 4.67. The molecule has 0 aromatic carbocycles. The lowest BCUT2D eigenvalue weighted by atomic mass is 9.95. The standard InChI is InChI=1S/C38H81N2O3P.C32H66ClO3P.C18H38O.C14H30O.C6H16N2/c1-7-13-17-21-23-27-31-38(32-28-24-22-18-14-8-2)36-43-44(41,39-33-34-40(11-5)12-6)42-35-37(29-25-19-15-9-3)30-26-20-16-10-4;1-5-9-13-17-19-23-27-32(28-24-20-18-14-10-6-2)30-36-37(33,34)35-29-31(25-21-15-11-7-3)26-22-16-12-8-4;1-3-5-7-9-11-13-15-18(17-19)16-14-12-10-8-6-4-2;1-3-5-7-9-11-14(13-15)12-10-8-6-4-2;1-3-8(4-2)6-5-7/h37-38H,7-36H2,1-6H3,(H,39,41);31-32H,5-30H2,1-4H3;18-19H,3-17H2,1-2H3;14-15H,3-13H2,1-2H3;3-7H2,1-2H3. The van der Waals surface area contributed by atoms with E-state index in [0.29, 0.717) is 81.7 Å². The zero-order valence-corrected chi connectivity index (χ0v) is 89.4. The molecule has 0 heterocycles. The Morgan fingerprint density at radius 1 is 0.252 bits per heavy atom. The zero-order chi connectivity index (χ0) is 92.0. The molecule has 0 bridgehead atoms. The van der Waals surface area contributed by atoms with Crippen molar-refractivity contribution in [2.75, 3.05) is 92.0 Å². The van der Waals surface area contributed by atoms with Crippen LogP contribution in [0.3, 0.4) is 0 Å². The highest BCUT2D eigenvalue weighted by Crippen LogP contribution is 2.55. The van der Waals surface area contributed by atoms with E-state index in [1.165, 1.54) is 437 Å². The van der Waals surface area contributed by atoms with Gasteiger partial charge in [0.25, 0.3) is 0 Å². The van der Waals surface area contributed by atoms with Gasteiger partial charge in [0.15, 0.2) is 0 Å². The number of nitrogens with zero attached hydrogens (tertiary/aromatic N) is 2. The van der Waals surface area contributed by atoms with Crippen LogP contribution in [-0.2, 0) is 27.2 Å². The molecule has 0 aromatic rings. The van der Waals surface area contributed by atoms with Gasteiger partial charge in [-0.15, -0.1) is 0 Å². The van der Waals surface area contributed by atoms with Crippen LogP contribution in [0.5, 0.6) is 0 Å². The highest BCUT2D eigenvalue weighted by Gasteiger charge is 2.29. The van der Waals surface area contributed by atoms with E-state index in [2.05, 4.69) is 126 Å². The van der Waals surface area contributed by atoms with E-state index in [9.17, 15) is 19.3 Å². The summed E-state index contributed by atoms with van der Waals surface area (Å²) >= 11 is 6.34. The molecule has 0 aliphatic rings. The molecular weight excluding hydrogens is 1580 g/mol. The fourth-order valence-corrected chi connectivity index (χ4v) is 19.5. The summed E-state index contributed by atoms with van der Waals surface area (Å²) < 4.78 is 51.6. The summed E-state index contributed by atoms with van der Waals surface area (Å²) in [5.41, 5.74) is 5.34. The van der Waals surface area contributed by atoms with Crippen molar-refractivity contribution >= 4 is 25.9 Å². The average molecular weight is 1810 g/mol. The fourth-order valence-electron chi connectivity index (χ4n) is 16.9. The molecule has 0 fully saturated rings. The largest absolute Gasteiger partial charge is 0.424 e. The van der Waals surface area contributed by atoms with Gasteiger partial charge in [0, 0.05) is 50.6 Å². The Balaban J connectivity index is -0.000000522. The molecule has 748 valence electrons. The van der Waals surface area contributed by atoms with Crippen LogP contribution < -0.4 is 10.8 Å². The normalized spacial score (nSPS) is 12.7. The van der Waals surface area contributed by atoms with E-state index in [1.807, 2.05) is 0 Å². The van der Waals surface area contributed by atoms with Gasteiger partial charge in [-0.05, 0) is 139 Å². The molecule has 0 aliphatic heterocycles. The molecule has 5 N–H and O–H groups in total. The second kappa shape index (κ2) is 111. The third kappa shape index (κ3) is 104. The van der Waals surface area contributed by atoms with Crippen molar-refractivity contribution in [2.45, 2.75) is 573 Å². The maximum Gasteiger partial charge on any atom is 0.424 e. The van der Waals surface area contributed by atoms with Gasteiger partial charge in [-0.3, -0.25) is 18.1 Å². The number of halogens is 1. The fraction of sp³-hybridized carbons (Fsp3) is 1.00. The lowest BCUT2D eigenvalue weighted by Gasteiger charge is -2.26. The van der Waals surface area contributed by atoms with Gasteiger partial charge >= 0.3 is 14.7 Å². The molecule has 0 aliphatic carbocycles. The van der Waals surface area contributed by atoms with Gasteiger partial charge in [0.05, 0.1) is 26.4 Å². The Bertz CT molecular complexity index is 1900. The molecule has 0 rings (SSSR count). The molecule has 0 spiro atoms. The molecular formula is C108H231ClN4O8P2. The summed E-state index contributed by atoms with van der Waals surface area (Å²) in [5.74, 6) is 2.97. The first-order valence-corrected chi connectivity index (χ1v) is 59.6. The Morgan fingerprint density at radius 3 is 0.585 bits per heavy atom. The average Bonchev–Trinajstić information content (AvgIpc) is 0.871. The van der Waals surface area contributed by atoms with Crippen LogP contribution >= 0.6 is 25.9 Å². The summed E-state index contributed by atoms with van der Waals surface area (Å²) in [5, 5.41) is 22.0. The predicted molar refractivity (Wildman–Crippen MR) is 553 cm³/mol. The Hall–Kier alpha value is 0.350. The van der Waals surface area contributed by atoms with Gasteiger partial charge in [-0.2, -0.15) is 0 Å². The monoisotopic (exact) mass is 1810 g/mol. The van der Waals surface area contributed by atoms with Crippen LogP contribution in [0.1, 0.15) is 573 Å². The summed E-state index contributed by atoms with van der Waals surface area (Å²) in [6, 6.07) is 0.